The van der Waals surface area contributed by atoms with Crippen molar-refractivity contribution >= 4 is 5.97 Å². The minimum Gasteiger partial charge on any atom is -0.480 e. The van der Waals surface area contributed by atoms with Gasteiger partial charge in [0.05, 0.1) is 13.7 Å². The largest absolute Gasteiger partial charge is 0.480 e. The molecular weight excluding hydrogens is 264 g/mol. The molecule has 0 radical (unpaired) electrons. The first-order valence-corrected chi connectivity index (χ1v) is 6.04. The van der Waals surface area contributed by atoms with E-state index in [2.05, 4.69) is 20.3 Å². The molecule has 1 atom stereocenters. The van der Waals surface area contributed by atoms with Gasteiger partial charge in [-0.3, -0.25) is 4.79 Å². The number of ether oxygens (including phenoxy) is 2. The first-order valence-electron chi connectivity index (χ1n) is 6.04. The third-order valence-corrected chi connectivity index (χ3v) is 2.53. The van der Waals surface area contributed by atoms with E-state index in [0.717, 1.165) is 0 Å². The van der Waals surface area contributed by atoms with Crippen LogP contribution < -0.4 is 4.74 Å². The Balaban J connectivity index is 2.17. The molecule has 2 aromatic rings. The number of carbonyl (C=O) groups is 1. The van der Waals surface area contributed by atoms with Gasteiger partial charge < -0.3 is 14.0 Å². The number of esters is 1. The van der Waals surface area contributed by atoms with Gasteiger partial charge in [-0.1, -0.05) is 5.16 Å². The maximum Gasteiger partial charge on any atom is 0.318 e. The van der Waals surface area contributed by atoms with Crippen LogP contribution in [0.25, 0.3) is 11.5 Å². The highest BCUT2D eigenvalue weighted by molar-refractivity contribution is 5.76. The zero-order valence-electron chi connectivity index (χ0n) is 11.4. The Labute approximate surface area is 115 Å². The molecule has 0 fully saturated rings. The predicted molar refractivity (Wildman–Crippen MR) is 66.9 cm³/mol. The van der Waals surface area contributed by atoms with E-state index in [1.165, 1.54) is 7.11 Å². The van der Waals surface area contributed by atoms with Crippen LogP contribution in [0.5, 0.6) is 5.88 Å². The molecule has 0 amide bonds. The highest BCUT2D eigenvalue weighted by Gasteiger charge is 2.23. The Hall–Kier alpha value is -2.51. The molecule has 2 rings (SSSR count). The molecule has 20 heavy (non-hydrogen) atoms. The highest BCUT2D eigenvalue weighted by atomic mass is 16.5. The fourth-order valence-electron chi connectivity index (χ4n) is 1.43. The van der Waals surface area contributed by atoms with E-state index in [1.54, 1.807) is 26.0 Å². The van der Waals surface area contributed by atoms with Crippen LogP contribution in [-0.2, 0) is 9.53 Å². The Bertz CT molecular complexity index is 581. The Morgan fingerprint density at radius 3 is 2.80 bits per heavy atom. The summed E-state index contributed by atoms with van der Waals surface area (Å²) >= 11 is 0. The van der Waals surface area contributed by atoms with Crippen LogP contribution in [0, 0.1) is 0 Å². The summed E-state index contributed by atoms with van der Waals surface area (Å²) in [6, 6.07) is 3.28. The van der Waals surface area contributed by atoms with Gasteiger partial charge in [0.15, 0.2) is 0 Å². The van der Waals surface area contributed by atoms with Crippen molar-refractivity contribution < 1.29 is 18.8 Å². The second kappa shape index (κ2) is 6.09. The monoisotopic (exact) mass is 278 g/mol. The molecule has 2 heterocycles. The van der Waals surface area contributed by atoms with Crippen molar-refractivity contribution in [1.29, 1.82) is 0 Å². The van der Waals surface area contributed by atoms with E-state index in [0.29, 0.717) is 18.2 Å². The fourth-order valence-corrected chi connectivity index (χ4v) is 1.43. The van der Waals surface area contributed by atoms with Gasteiger partial charge in [0.25, 0.3) is 0 Å². The maximum absolute atomic E-state index is 11.6. The molecule has 0 saturated carbocycles. The molecule has 0 aliphatic heterocycles. The number of aromatic nitrogens is 4. The van der Waals surface area contributed by atoms with Crippen molar-refractivity contribution in [3.8, 4) is 17.4 Å². The zero-order valence-corrected chi connectivity index (χ0v) is 11.4. The minimum atomic E-state index is -0.623. The van der Waals surface area contributed by atoms with Gasteiger partial charge in [-0.15, -0.1) is 10.2 Å². The Kier molecular flexibility index (Phi) is 4.24. The van der Waals surface area contributed by atoms with Crippen molar-refractivity contribution in [3.63, 3.8) is 0 Å². The number of hydrogen-bond acceptors (Lipinski definition) is 8. The van der Waals surface area contributed by atoms with Crippen LogP contribution in [-0.4, -0.2) is 40.0 Å². The van der Waals surface area contributed by atoms with E-state index < -0.39 is 11.9 Å². The molecule has 0 bridgehead atoms. The molecule has 0 saturated heterocycles. The average Bonchev–Trinajstić information content (AvgIpc) is 2.96. The smallest absolute Gasteiger partial charge is 0.318 e. The molecule has 0 N–H and O–H groups in total. The quantitative estimate of drug-likeness (QED) is 0.752. The van der Waals surface area contributed by atoms with Gasteiger partial charge >= 0.3 is 5.97 Å². The molecule has 0 aromatic carbocycles. The lowest BCUT2D eigenvalue weighted by atomic mass is 10.2. The van der Waals surface area contributed by atoms with Crippen LogP contribution in [0.15, 0.2) is 16.7 Å². The van der Waals surface area contributed by atoms with Crippen LogP contribution in [0.4, 0.5) is 0 Å². The molecule has 0 aliphatic rings. The van der Waals surface area contributed by atoms with E-state index in [1.807, 2.05) is 0 Å². The molecule has 0 aliphatic carbocycles. The topological polar surface area (TPSA) is 100 Å². The number of methoxy groups -OCH3 is 1. The number of carbonyl (C=O) groups excluding carboxylic acids is 1. The molecule has 2 aromatic heterocycles. The third-order valence-electron chi connectivity index (χ3n) is 2.53. The van der Waals surface area contributed by atoms with Gasteiger partial charge in [-0.25, -0.2) is 0 Å². The maximum atomic E-state index is 11.6. The summed E-state index contributed by atoms with van der Waals surface area (Å²) in [7, 11) is 1.50. The van der Waals surface area contributed by atoms with Crippen LogP contribution in [0.1, 0.15) is 25.7 Å². The van der Waals surface area contributed by atoms with Gasteiger partial charge in [-0.2, -0.15) is 4.98 Å². The number of hydrogen-bond donors (Lipinski definition) is 0. The molecule has 106 valence electrons. The number of rotatable bonds is 5. The second-order valence-corrected chi connectivity index (χ2v) is 3.89. The van der Waals surface area contributed by atoms with Gasteiger partial charge in [-0.05, 0) is 19.9 Å². The first-order chi connectivity index (χ1) is 9.65. The van der Waals surface area contributed by atoms with Crippen molar-refractivity contribution in [2.45, 2.75) is 19.8 Å². The van der Waals surface area contributed by atoms with Gasteiger partial charge in [0.2, 0.25) is 17.6 Å². The van der Waals surface area contributed by atoms with Crippen molar-refractivity contribution in [3.05, 3.63) is 18.0 Å². The second-order valence-electron chi connectivity index (χ2n) is 3.89. The van der Waals surface area contributed by atoms with E-state index in [4.69, 9.17) is 14.0 Å². The number of nitrogens with zero attached hydrogens (tertiary/aromatic N) is 4. The molecule has 8 nitrogen and oxygen atoms in total. The summed E-state index contributed by atoms with van der Waals surface area (Å²) in [4.78, 5) is 15.7. The normalized spacial score (nSPS) is 11.9. The fraction of sp³-hybridized carbons (Fsp3) is 0.417. The lowest BCUT2D eigenvalue weighted by Gasteiger charge is -2.04. The van der Waals surface area contributed by atoms with E-state index in [9.17, 15) is 4.79 Å². The average molecular weight is 278 g/mol. The first kappa shape index (κ1) is 13.9. The summed E-state index contributed by atoms with van der Waals surface area (Å²) < 4.78 is 14.8. The van der Waals surface area contributed by atoms with Crippen LogP contribution in [0.3, 0.4) is 0 Å². The molecule has 0 spiro atoms. The summed E-state index contributed by atoms with van der Waals surface area (Å²) in [5.74, 6) is -0.217. The predicted octanol–water partition coefficient (Wildman–Crippen LogP) is 1.20. The Morgan fingerprint density at radius 1 is 1.40 bits per heavy atom. The lowest BCUT2D eigenvalue weighted by molar-refractivity contribution is -0.145. The summed E-state index contributed by atoms with van der Waals surface area (Å²) in [6.07, 6.45) is 0. The zero-order chi connectivity index (χ0) is 14.5. The molecular formula is C12H14N4O4. The molecule has 1 unspecified atom stereocenters. The van der Waals surface area contributed by atoms with Crippen molar-refractivity contribution in [2.24, 2.45) is 0 Å². The summed E-state index contributed by atoms with van der Waals surface area (Å²) in [5, 5.41) is 11.5. The van der Waals surface area contributed by atoms with Crippen LogP contribution >= 0.6 is 0 Å². The standard InChI is InChI=1S/C12H14N4O4/c1-4-19-12(17)7(2)11-13-10(16-20-11)8-5-6-9(18-3)15-14-8/h5-7H,4H2,1-3H3. The van der Waals surface area contributed by atoms with E-state index >= 15 is 0 Å². The van der Waals surface area contributed by atoms with Gasteiger partial charge in [0.1, 0.15) is 11.6 Å². The third kappa shape index (κ3) is 2.90. The van der Waals surface area contributed by atoms with Crippen molar-refractivity contribution in [2.75, 3.05) is 13.7 Å². The highest BCUT2D eigenvalue weighted by Crippen LogP contribution is 2.19. The Morgan fingerprint density at radius 2 is 2.20 bits per heavy atom. The van der Waals surface area contributed by atoms with Crippen molar-refractivity contribution in [1.82, 2.24) is 20.3 Å². The molecule has 8 heteroatoms. The van der Waals surface area contributed by atoms with Crippen LogP contribution in [0.2, 0.25) is 0 Å². The summed E-state index contributed by atoms with van der Waals surface area (Å²) in [5.41, 5.74) is 0.428. The van der Waals surface area contributed by atoms with E-state index in [-0.39, 0.29) is 11.7 Å². The lowest BCUT2D eigenvalue weighted by Crippen LogP contribution is -2.13. The summed E-state index contributed by atoms with van der Waals surface area (Å²) in [6.45, 7) is 3.67. The SMILES string of the molecule is CCOC(=O)C(C)c1nc(-c2ccc(OC)nn2)no1. The van der Waals surface area contributed by atoms with Gasteiger partial charge in [0, 0.05) is 6.07 Å². The minimum absolute atomic E-state index is 0.177.